The molecule has 0 amide bonds. The van der Waals surface area contributed by atoms with Gasteiger partial charge in [-0.2, -0.15) is 0 Å². The summed E-state index contributed by atoms with van der Waals surface area (Å²) in [6.07, 6.45) is 1.72. The standard InChI is InChI=1S/C14H23FN2O3S/c1-5-10(6-2)9(3)17-21(18,19)11-7-12(15)14(20-4)13(16)8-11/h7-10,17H,5-6,16H2,1-4H3. The van der Waals surface area contributed by atoms with E-state index in [1.165, 1.54) is 13.2 Å². The van der Waals surface area contributed by atoms with Crippen molar-refractivity contribution in [3.05, 3.63) is 17.9 Å². The van der Waals surface area contributed by atoms with Crippen LogP contribution < -0.4 is 15.2 Å². The number of nitrogens with two attached hydrogens (primary N) is 1. The van der Waals surface area contributed by atoms with Crippen LogP contribution in [0.1, 0.15) is 33.6 Å². The van der Waals surface area contributed by atoms with Crippen molar-refractivity contribution in [1.29, 1.82) is 0 Å². The highest BCUT2D eigenvalue weighted by molar-refractivity contribution is 7.89. The number of sulfonamides is 1. The largest absolute Gasteiger partial charge is 0.492 e. The van der Waals surface area contributed by atoms with E-state index in [1.54, 1.807) is 6.92 Å². The Labute approximate surface area is 125 Å². The molecular weight excluding hydrogens is 295 g/mol. The Morgan fingerprint density at radius 3 is 2.33 bits per heavy atom. The predicted molar refractivity (Wildman–Crippen MR) is 81.2 cm³/mol. The van der Waals surface area contributed by atoms with Gasteiger partial charge in [0, 0.05) is 6.04 Å². The summed E-state index contributed by atoms with van der Waals surface area (Å²) in [6, 6.07) is 1.87. The third-order valence-corrected chi connectivity index (χ3v) is 5.20. The average molecular weight is 318 g/mol. The molecule has 0 radical (unpaired) electrons. The smallest absolute Gasteiger partial charge is 0.241 e. The molecule has 0 aliphatic heterocycles. The molecule has 120 valence electrons. The van der Waals surface area contributed by atoms with Gasteiger partial charge in [-0.1, -0.05) is 26.7 Å². The zero-order chi connectivity index (χ0) is 16.2. The number of methoxy groups -OCH3 is 1. The molecule has 0 aromatic heterocycles. The minimum absolute atomic E-state index is 0.0481. The molecule has 0 saturated heterocycles. The lowest BCUT2D eigenvalue weighted by atomic mass is 9.96. The number of rotatable bonds is 7. The number of nitrogen functional groups attached to an aromatic ring is 1. The van der Waals surface area contributed by atoms with Crippen molar-refractivity contribution in [1.82, 2.24) is 4.72 Å². The third-order valence-electron chi connectivity index (χ3n) is 3.66. The molecule has 1 atom stereocenters. The van der Waals surface area contributed by atoms with E-state index in [0.717, 1.165) is 18.9 Å². The molecule has 0 saturated carbocycles. The van der Waals surface area contributed by atoms with Crippen molar-refractivity contribution in [2.75, 3.05) is 12.8 Å². The molecule has 21 heavy (non-hydrogen) atoms. The van der Waals surface area contributed by atoms with Gasteiger partial charge in [0.05, 0.1) is 17.7 Å². The summed E-state index contributed by atoms with van der Waals surface area (Å²) >= 11 is 0. The fourth-order valence-corrected chi connectivity index (χ4v) is 3.72. The molecule has 1 aromatic carbocycles. The molecule has 0 fully saturated rings. The molecule has 7 heteroatoms. The molecule has 1 rings (SSSR count). The number of ether oxygens (including phenoxy) is 1. The van der Waals surface area contributed by atoms with Gasteiger partial charge in [-0.3, -0.25) is 0 Å². The maximum Gasteiger partial charge on any atom is 0.241 e. The topological polar surface area (TPSA) is 81.4 Å². The quantitative estimate of drug-likeness (QED) is 0.757. The number of benzene rings is 1. The van der Waals surface area contributed by atoms with Crippen LogP contribution in [0.2, 0.25) is 0 Å². The fourth-order valence-electron chi connectivity index (χ4n) is 2.36. The van der Waals surface area contributed by atoms with E-state index in [0.29, 0.717) is 0 Å². The molecule has 0 aliphatic carbocycles. The molecule has 0 aliphatic rings. The second-order valence-electron chi connectivity index (χ2n) is 5.01. The van der Waals surface area contributed by atoms with Crippen LogP contribution >= 0.6 is 0 Å². The van der Waals surface area contributed by atoms with Crippen LogP contribution in [0.15, 0.2) is 17.0 Å². The lowest BCUT2D eigenvalue weighted by Gasteiger charge is -2.22. The van der Waals surface area contributed by atoms with Crippen molar-refractivity contribution >= 4 is 15.7 Å². The summed E-state index contributed by atoms with van der Waals surface area (Å²) in [5.41, 5.74) is 5.57. The Morgan fingerprint density at radius 2 is 1.90 bits per heavy atom. The van der Waals surface area contributed by atoms with Crippen molar-refractivity contribution in [3.63, 3.8) is 0 Å². The van der Waals surface area contributed by atoms with Gasteiger partial charge in [0.2, 0.25) is 10.0 Å². The first-order valence-electron chi connectivity index (χ1n) is 6.92. The van der Waals surface area contributed by atoms with E-state index in [4.69, 9.17) is 10.5 Å². The van der Waals surface area contributed by atoms with Crippen LogP contribution in [-0.4, -0.2) is 21.6 Å². The first-order valence-corrected chi connectivity index (χ1v) is 8.40. The molecule has 0 spiro atoms. The summed E-state index contributed by atoms with van der Waals surface area (Å²) in [5, 5.41) is 0. The van der Waals surface area contributed by atoms with Crippen molar-refractivity contribution in [2.45, 2.75) is 44.6 Å². The van der Waals surface area contributed by atoms with Crippen LogP contribution in [0.25, 0.3) is 0 Å². The molecule has 0 heterocycles. The minimum atomic E-state index is -3.82. The van der Waals surface area contributed by atoms with E-state index in [-0.39, 0.29) is 28.3 Å². The second-order valence-corrected chi connectivity index (χ2v) is 6.73. The maximum absolute atomic E-state index is 13.8. The highest BCUT2D eigenvalue weighted by Crippen LogP contribution is 2.28. The molecule has 1 aromatic rings. The second kappa shape index (κ2) is 7.09. The Kier molecular flexibility index (Phi) is 5.98. The van der Waals surface area contributed by atoms with E-state index in [9.17, 15) is 12.8 Å². The Hall–Kier alpha value is -1.34. The van der Waals surface area contributed by atoms with E-state index >= 15 is 0 Å². The zero-order valence-corrected chi connectivity index (χ0v) is 13.6. The average Bonchev–Trinajstić information content (AvgIpc) is 2.39. The lowest BCUT2D eigenvalue weighted by molar-refractivity contribution is 0.386. The van der Waals surface area contributed by atoms with Crippen LogP contribution in [0.4, 0.5) is 10.1 Å². The van der Waals surface area contributed by atoms with Gasteiger partial charge >= 0.3 is 0 Å². The lowest BCUT2D eigenvalue weighted by Crippen LogP contribution is -2.37. The fraction of sp³-hybridized carbons (Fsp3) is 0.571. The van der Waals surface area contributed by atoms with Gasteiger partial charge < -0.3 is 10.5 Å². The highest BCUT2D eigenvalue weighted by atomic mass is 32.2. The van der Waals surface area contributed by atoms with Crippen molar-refractivity contribution in [2.24, 2.45) is 5.92 Å². The number of halogens is 1. The van der Waals surface area contributed by atoms with Gasteiger partial charge in [0.25, 0.3) is 0 Å². The Bertz CT molecular complexity index is 563. The van der Waals surface area contributed by atoms with E-state index in [1.807, 2.05) is 13.8 Å². The summed E-state index contributed by atoms with van der Waals surface area (Å²) in [6.45, 7) is 5.81. The summed E-state index contributed by atoms with van der Waals surface area (Å²) in [7, 11) is -2.55. The number of hydrogen-bond donors (Lipinski definition) is 2. The van der Waals surface area contributed by atoms with Crippen LogP contribution in [-0.2, 0) is 10.0 Å². The monoisotopic (exact) mass is 318 g/mol. The highest BCUT2D eigenvalue weighted by Gasteiger charge is 2.24. The maximum atomic E-state index is 13.8. The molecule has 1 unspecified atom stereocenters. The molecular formula is C14H23FN2O3S. The normalized spacial score (nSPS) is 13.4. The van der Waals surface area contributed by atoms with Gasteiger partial charge in [-0.05, 0) is 25.0 Å². The molecule has 5 nitrogen and oxygen atoms in total. The van der Waals surface area contributed by atoms with Crippen LogP contribution in [0.3, 0.4) is 0 Å². The predicted octanol–water partition coefficient (Wildman–Crippen LogP) is 2.52. The van der Waals surface area contributed by atoms with Gasteiger partial charge in [-0.25, -0.2) is 17.5 Å². The van der Waals surface area contributed by atoms with Crippen molar-refractivity contribution in [3.8, 4) is 5.75 Å². The van der Waals surface area contributed by atoms with E-state index in [2.05, 4.69) is 4.72 Å². The zero-order valence-electron chi connectivity index (χ0n) is 12.8. The van der Waals surface area contributed by atoms with Crippen molar-refractivity contribution < 1.29 is 17.5 Å². The number of nitrogens with one attached hydrogen (secondary N) is 1. The van der Waals surface area contributed by atoms with Crippen LogP contribution in [0.5, 0.6) is 5.75 Å². The Balaban J connectivity index is 3.09. The first-order chi connectivity index (χ1) is 9.76. The van der Waals surface area contributed by atoms with Crippen LogP contribution in [0, 0.1) is 11.7 Å². The summed E-state index contributed by atoms with van der Waals surface area (Å²) in [4.78, 5) is -0.198. The van der Waals surface area contributed by atoms with Gasteiger partial charge in [0.1, 0.15) is 0 Å². The van der Waals surface area contributed by atoms with E-state index < -0.39 is 15.8 Å². The first kappa shape index (κ1) is 17.7. The summed E-state index contributed by atoms with van der Waals surface area (Å²) < 4.78 is 45.7. The summed E-state index contributed by atoms with van der Waals surface area (Å²) in [5.74, 6) is -0.727. The molecule has 3 N–H and O–H groups in total. The SMILES string of the molecule is CCC(CC)C(C)NS(=O)(=O)c1cc(N)c(OC)c(F)c1. The molecule has 0 bridgehead atoms. The van der Waals surface area contributed by atoms with Gasteiger partial charge in [-0.15, -0.1) is 0 Å². The Morgan fingerprint density at radius 1 is 1.33 bits per heavy atom. The number of hydrogen-bond acceptors (Lipinski definition) is 4. The van der Waals surface area contributed by atoms with Gasteiger partial charge in [0.15, 0.2) is 11.6 Å². The minimum Gasteiger partial charge on any atom is -0.492 e. The third kappa shape index (κ3) is 4.07. The number of anilines is 1.